The van der Waals surface area contributed by atoms with Crippen molar-refractivity contribution < 1.29 is 9.18 Å². The van der Waals surface area contributed by atoms with E-state index in [2.05, 4.69) is 21.8 Å². The van der Waals surface area contributed by atoms with Crippen molar-refractivity contribution in [2.24, 2.45) is 0 Å². The van der Waals surface area contributed by atoms with E-state index < -0.39 is 5.82 Å². The fourth-order valence-electron chi connectivity index (χ4n) is 3.09. The molecule has 2 heterocycles. The predicted molar refractivity (Wildman–Crippen MR) is 85.6 cm³/mol. The van der Waals surface area contributed by atoms with E-state index in [0.29, 0.717) is 18.7 Å². The maximum Gasteiger partial charge on any atom is 0.256 e. The predicted octanol–water partition coefficient (Wildman–Crippen LogP) is 2.38. The van der Waals surface area contributed by atoms with Gasteiger partial charge in [-0.05, 0) is 25.1 Å². The lowest BCUT2D eigenvalue weighted by atomic mass is 10.1. The number of amides is 1. The molecule has 1 unspecified atom stereocenters. The van der Waals surface area contributed by atoms with Crippen molar-refractivity contribution >= 4 is 5.91 Å². The molecule has 1 aromatic heterocycles. The summed E-state index contributed by atoms with van der Waals surface area (Å²) in [6.45, 7) is 6.50. The van der Waals surface area contributed by atoms with Crippen LogP contribution >= 0.6 is 0 Å². The highest BCUT2D eigenvalue weighted by Gasteiger charge is 2.32. The fourth-order valence-corrected chi connectivity index (χ4v) is 3.09. The molecule has 1 atom stereocenters. The lowest BCUT2D eigenvalue weighted by molar-refractivity contribution is 0.0475. The van der Waals surface area contributed by atoms with E-state index in [0.717, 1.165) is 18.9 Å². The number of hydrogen-bond acceptors (Lipinski definition) is 3. The van der Waals surface area contributed by atoms with E-state index in [-0.39, 0.29) is 17.5 Å². The molecule has 2 aromatic rings. The Kier molecular flexibility index (Phi) is 4.43. The molecule has 1 aliphatic rings. The number of H-pyrrole nitrogens is 1. The largest absolute Gasteiger partial charge is 0.347 e. The third-order valence-electron chi connectivity index (χ3n) is 4.44. The van der Waals surface area contributed by atoms with Gasteiger partial charge < -0.3 is 9.88 Å². The van der Waals surface area contributed by atoms with Crippen molar-refractivity contribution in [1.29, 1.82) is 0 Å². The van der Waals surface area contributed by atoms with Gasteiger partial charge in [0.25, 0.3) is 5.91 Å². The monoisotopic (exact) mass is 316 g/mol. The first-order valence-corrected chi connectivity index (χ1v) is 7.89. The Morgan fingerprint density at radius 3 is 2.96 bits per heavy atom. The van der Waals surface area contributed by atoms with E-state index in [9.17, 15) is 9.18 Å². The van der Waals surface area contributed by atoms with Gasteiger partial charge in [-0.15, -0.1) is 0 Å². The Balaban J connectivity index is 1.83. The third kappa shape index (κ3) is 2.99. The van der Waals surface area contributed by atoms with Gasteiger partial charge in [-0.3, -0.25) is 9.69 Å². The van der Waals surface area contributed by atoms with Crippen LogP contribution in [-0.2, 0) is 0 Å². The summed E-state index contributed by atoms with van der Waals surface area (Å²) >= 11 is 0. The number of nitrogens with one attached hydrogen (secondary N) is 1. The first-order chi connectivity index (χ1) is 11.1. The number of aromatic amines is 1. The highest BCUT2D eigenvalue weighted by Crippen LogP contribution is 2.24. The van der Waals surface area contributed by atoms with Crippen LogP contribution in [-0.4, -0.2) is 51.9 Å². The SMILES string of the molecule is CCN1CCN(C(=O)c2cccc(C)c2F)CC1c1ncc[nH]1. The number of carbonyl (C=O) groups excluding carboxylic acids is 1. The number of aromatic nitrogens is 2. The summed E-state index contributed by atoms with van der Waals surface area (Å²) in [7, 11) is 0. The van der Waals surface area contributed by atoms with Gasteiger partial charge in [0.15, 0.2) is 0 Å². The van der Waals surface area contributed by atoms with Crippen molar-refractivity contribution in [3.8, 4) is 0 Å². The van der Waals surface area contributed by atoms with Crippen molar-refractivity contribution in [2.75, 3.05) is 26.2 Å². The number of piperazine rings is 1. The lowest BCUT2D eigenvalue weighted by Crippen LogP contribution is -2.50. The molecule has 0 bridgehead atoms. The number of hydrogen-bond donors (Lipinski definition) is 1. The molecule has 3 rings (SSSR count). The molecular formula is C17H21FN4O. The Labute approximate surface area is 135 Å². The number of nitrogens with zero attached hydrogens (tertiary/aromatic N) is 3. The van der Waals surface area contributed by atoms with Crippen LogP contribution in [0.4, 0.5) is 4.39 Å². The minimum atomic E-state index is -0.426. The molecule has 1 N–H and O–H groups in total. The molecule has 0 aliphatic carbocycles. The normalized spacial score (nSPS) is 19.1. The Morgan fingerprint density at radius 1 is 1.43 bits per heavy atom. The van der Waals surface area contributed by atoms with E-state index in [1.807, 2.05) is 0 Å². The van der Waals surface area contributed by atoms with Crippen LogP contribution in [0.5, 0.6) is 0 Å². The van der Waals surface area contributed by atoms with Crippen LogP contribution in [0.15, 0.2) is 30.6 Å². The minimum Gasteiger partial charge on any atom is -0.347 e. The summed E-state index contributed by atoms with van der Waals surface area (Å²) < 4.78 is 14.2. The highest BCUT2D eigenvalue weighted by atomic mass is 19.1. The molecule has 122 valence electrons. The number of likely N-dealkylation sites (N-methyl/N-ethyl adjacent to an activating group) is 1. The summed E-state index contributed by atoms with van der Waals surface area (Å²) in [5, 5.41) is 0. The molecule has 5 nitrogen and oxygen atoms in total. The van der Waals surface area contributed by atoms with Crippen LogP contribution in [0.2, 0.25) is 0 Å². The van der Waals surface area contributed by atoms with Gasteiger partial charge in [0, 0.05) is 32.0 Å². The van der Waals surface area contributed by atoms with Crippen LogP contribution in [0.25, 0.3) is 0 Å². The number of halogens is 1. The second-order valence-corrected chi connectivity index (χ2v) is 5.81. The second-order valence-electron chi connectivity index (χ2n) is 5.81. The zero-order chi connectivity index (χ0) is 16.4. The molecule has 0 radical (unpaired) electrons. The van der Waals surface area contributed by atoms with Crippen LogP contribution in [0.1, 0.15) is 34.7 Å². The first-order valence-electron chi connectivity index (χ1n) is 7.89. The Bertz CT molecular complexity index is 686. The third-order valence-corrected chi connectivity index (χ3v) is 4.44. The van der Waals surface area contributed by atoms with Crippen molar-refractivity contribution in [1.82, 2.24) is 19.8 Å². The zero-order valence-corrected chi connectivity index (χ0v) is 13.4. The first kappa shape index (κ1) is 15.7. The smallest absolute Gasteiger partial charge is 0.256 e. The molecule has 1 aliphatic heterocycles. The van der Waals surface area contributed by atoms with Crippen LogP contribution in [0.3, 0.4) is 0 Å². The summed E-state index contributed by atoms with van der Waals surface area (Å²) in [5.74, 6) is 0.164. The van der Waals surface area contributed by atoms with Crippen molar-refractivity contribution in [3.05, 3.63) is 53.4 Å². The summed E-state index contributed by atoms with van der Waals surface area (Å²) in [6, 6.07) is 4.96. The molecule has 1 aromatic carbocycles. The van der Waals surface area contributed by atoms with Gasteiger partial charge in [-0.25, -0.2) is 9.37 Å². The summed E-state index contributed by atoms with van der Waals surface area (Å²) in [5.41, 5.74) is 0.638. The molecule has 23 heavy (non-hydrogen) atoms. The minimum absolute atomic E-state index is 0.0144. The van der Waals surface area contributed by atoms with Crippen LogP contribution < -0.4 is 0 Å². The number of imidazole rings is 1. The maximum absolute atomic E-state index is 14.2. The molecule has 1 fully saturated rings. The topological polar surface area (TPSA) is 52.2 Å². The van der Waals surface area contributed by atoms with E-state index in [1.54, 1.807) is 42.4 Å². The van der Waals surface area contributed by atoms with Gasteiger partial charge >= 0.3 is 0 Å². The van der Waals surface area contributed by atoms with E-state index in [4.69, 9.17) is 0 Å². The average molecular weight is 316 g/mol. The number of benzene rings is 1. The van der Waals surface area contributed by atoms with Gasteiger partial charge in [0.1, 0.15) is 11.6 Å². The average Bonchev–Trinajstić information content (AvgIpc) is 3.10. The van der Waals surface area contributed by atoms with E-state index >= 15 is 0 Å². The standard InChI is InChI=1S/C17H21FN4O/c1-3-21-9-10-22(11-14(21)16-19-7-8-20-16)17(23)13-6-4-5-12(2)15(13)18/h4-8,14H,3,9-11H2,1-2H3,(H,19,20). The summed E-state index contributed by atoms with van der Waals surface area (Å²) in [6.07, 6.45) is 3.49. The molecule has 1 amide bonds. The number of carbonyl (C=O) groups is 1. The van der Waals surface area contributed by atoms with Gasteiger partial charge in [-0.1, -0.05) is 19.1 Å². The van der Waals surface area contributed by atoms with E-state index in [1.165, 1.54) is 0 Å². The van der Waals surface area contributed by atoms with Crippen molar-refractivity contribution in [2.45, 2.75) is 19.9 Å². The van der Waals surface area contributed by atoms with Gasteiger partial charge in [0.2, 0.25) is 0 Å². The fraction of sp³-hybridized carbons (Fsp3) is 0.412. The van der Waals surface area contributed by atoms with Gasteiger partial charge in [-0.2, -0.15) is 0 Å². The lowest BCUT2D eigenvalue weighted by Gasteiger charge is -2.40. The molecule has 6 heteroatoms. The Morgan fingerprint density at radius 2 is 2.26 bits per heavy atom. The zero-order valence-electron chi connectivity index (χ0n) is 13.4. The quantitative estimate of drug-likeness (QED) is 0.946. The van der Waals surface area contributed by atoms with Gasteiger partial charge in [0.05, 0.1) is 11.6 Å². The Hall–Kier alpha value is -2.21. The molecule has 0 saturated carbocycles. The molecule has 1 saturated heterocycles. The highest BCUT2D eigenvalue weighted by molar-refractivity contribution is 5.94. The maximum atomic E-state index is 14.2. The second kappa shape index (κ2) is 6.50. The number of aryl methyl sites for hydroxylation is 1. The summed E-state index contributed by atoms with van der Waals surface area (Å²) in [4.78, 5) is 24.2. The van der Waals surface area contributed by atoms with Crippen LogP contribution in [0, 0.1) is 12.7 Å². The van der Waals surface area contributed by atoms with Crippen molar-refractivity contribution in [3.63, 3.8) is 0 Å². The molecular weight excluding hydrogens is 295 g/mol. The molecule has 0 spiro atoms. The number of rotatable bonds is 3.